The van der Waals surface area contributed by atoms with Gasteiger partial charge in [0.1, 0.15) is 43.9 Å². The van der Waals surface area contributed by atoms with Crippen LogP contribution in [0.25, 0.3) is 0 Å². The number of hydrogen-bond acceptors (Lipinski definition) is 17. The summed E-state index contributed by atoms with van der Waals surface area (Å²) < 4.78 is 35.5. The van der Waals surface area contributed by atoms with Crippen LogP contribution in [0.15, 0.2) is 152 Å². The topological polar surface area (TPSA) is 182 Å². The lowest BCUT2D eigenvalue weighted by Crippen LogP contribution is -2.32. The first-order valence-corrected chi connectivity index (χ1v) is 32.7. The molecule has 0 heterocycles. The number of ketones is 1. The monoisotopic (exact) mass is 1210 g/mol. The van der Waals surface area contributed by atoms with Crippen molar-refractivity contribution in [3.8, 4) is 11.5 Å². The fourth-order valence-electron chi connectivity index (χ4n) is 8.24. The summed E-state index contributed by atoms with van der Waals surface area (Å²) in [6.45, 7) is 9.92. The zero-order chi connectivity index (χ0) is 59.1. The van der Waals surface area contributed by atoms with Crippen LogP contribution in [-0.4, -0.2) is 127 Å². The molecule has 0 spiro atoms. The third kappa shape index (κ3) is 30.2. The van der Waals surface area contributed by atoms with Crippen LogP contribution in [0.2, 0.25) is 0 Å². The number of nitrogens with one attached hydrogen (secondary N) is 2. The summed E-state index contributed by atoms with van der Waals surface area (Å²) in [4.78, 5) is 78.5. The second-order valence-electron chi connectivity index (χ2n) is 19.6. The molecule has 0 saturated heterocycles. The zero-order valence-corrected chi connectivity index (χ0v) is 51.1. The molecule has 0 saturated carbocycles. The minimum absolute atomic E-state index is 0.0223. The van der Waals surface area contributed by atoms with E-state index >= 15 is 0 Å². The van der Waals surface area contributed by atoms with Crippen molar-refractivity contribution in [1.82, 2.24) is 10.6 Å². The van der Waals surface area contributed by atoms with Gasteiger partial charge >= 0.3 is 23.9 Å². The van der Waals surface area contributed by atoms with Gasteiger partial charge in [-0.05, 0) is 61.1 Å². The highest BCUT2D eigenvalue weighted by atomic mass is 32.2. The molecule has 18 heteroatoms. The van der Waals surface area contributed by atoms with Gasteiger partial charge in [-0.2, -0.15) is 35.3 Å². The van der Waals surface area contributed by atoms with E-state index in [1.54, 1.807) is 53.5 Å². The van der Waals surface area contributed by atoms with Crippen molar-refractivity contribution in [3.05, 3.63) is 180 Å². The molecule has 3 atom stereocenters. The van der Waals surface area contributed by atoms with E-state index in [-0.39, 0.29) is 118 Å². The lowest BCUT2D eigenvalue weighted by molar-refractivity contribution is -0.143. The van der Waals surface area contributed by atoms with Crippen molar-refractivity contribution in [3.63, 3.8) is 0 Å². The lowest BCUT2D eigenvalue weighted by Gasteiger charge is -2.20. The molecule has 1 amide bonds. The van der Waals surface area contributed by atoms with Crippen LogP contribution in [0.1, 0.15) is 72.1 Å². The Bertz CT molecular complexity index is 2560. The summed E-state index contributed by atoms with van der Waals surface area (Å²) in [5.74, 6) is 2.07. The molecule has 0 aliphatic carbocycles. The van der Waals surface area contributed by atoms with Gasteiger partial charge in [0, 0.05) is 88.4 Å². The molecule has 0 aliphatic heterocycles. The number of amides is 1. The quantitative estimate of drug-likeness (QED) is 0.0123. The van der Waals surface area contributed by atoms with E-state index in [0.717, 1.165) is 40.8 Å². The van der Waals surface area contributed by atoms with Crippen LogP contribution in [-0.2, 0) is 68.6 Å². The molecule has 2 N–H and O–H groups in total. The van der Waals surface area contributed by atoms with Crippen LogP contribution in [0.4, 0.5) is 0 Å². The van der Waals surface area contributed by atoms with Gasteiger partial charge in [0.25, 0.3) is 0 Å². The highest BCUT2D eigenvalue weighted by Crippen LogP contribution is 2.29. The van der Waals surface area contributed by atoms with E-state index in [1.165, 1.54) is 11.8 Å². The summed E-state index contributed by atoms with van der Waals surface area (Å²) in [6, 6.07) is 42.9. The number of carbonyl (C=O) groups excluding carboxylic acids is 6. The van der Waals surface area contributed by atoms with E-state index in [2.05, 4.69) is 17.2 Å². The molecule has 0 aliphatic rings. The van der Waals surface area contributed by atoms with Crippen LogP contribution in [0.3, 0.4) is 0 Å². The van der Waals surface area contributed by atoms with Crippen LogP contribution >= 0.6 is 47.0 Å². The maximum absolute atomic E-state index is 14.4. The van der Waals surface area contributed by atoms with E-state index in [1.807, 2.05) is 135 Å². The third-order valence-corrected chi connectivity index (χ3v) is 17.1. The van der Waals surface area contributed by atoms with Gasteiger partial charge in [0.15, 0.2) is 5.78 Å². The standard InChI is InChI=1S/C65H80N2O12S4/c1-4-66-65(73)55(27-17-18-28-67-49(2)3)41-60(68)56-39-57(77-43-54(46-82-48-79-64(72)38-53-25-15-8-16-26-53)45-80-32-29-74-61(69)35-50-19-9-5-10-20-50)42-58(40-56)78-44-59(83-34-31-76-63(71)37-52-23-13-7-14-24-52)47-81-33-30-75-62(70)36-51-21-11-6-12-22-51/h5-16,19-26,39-40,42,54-55,59,67H,2,4,17-18,27-38,41,43-48H2,1,3H3,(H,66,73). The molecule has 5 aromatic rings. The molecule has 83 heavy (non-hydrogen) atoms. The third-order valence-electron chi connectivity index (χ3n) is 12.4. The Morgan fingerprint density at radius 2 is 0.988 bits per heavy atom. The fourth-order valence-corrected chi connectivity index (χ4v) is 12.2. The Kier molecular flexibility index (Phi) is 33.2. The van der Waals surface area contributed by atoms with Gasteiger partial charge in [-0.25, -0.2) is 0 Å². The van der Waals surface area contributed by atoms with Gasteiger partial charge in [-0.15, -0.1) is 11.8 Å². The normalized spacial score (nSPS) is 12.0. The van der Waals surface area contributed by atoms with Crippen molar-refractivity contribution in [2.45, 2.75) is 70.5 Å². The summed E-state index contributed by atoms with van der Waals surface area (Å²) in [5.41, 5.74) is 4.69. The fraction of sp³-hybridized carbons (Fsp3) is 0.415. The smallest absolute Gasteiger partial charge is 0.311 e. The predicted octanol–water partition coefficient (Wildman–Crippen LogP) is 11.1. The van der Waals surface area contributed by atoms with E-state index in [9.17, 15) is 28.8 Å². The van der Waals surface area contributed by atoms with E-state index in [0.29, 0.717) is 71.1 Å². The molecule has 0 fully saturated rings. The van der Waals surface area contributed by atoms with Gasteiger partial charge in [-0.1, -0.05) is 134 Å². The number of ether oxygens (including phenoxy) is 6. The number of unbranched alkanes of at least 4 members (excludes halogenated alkanes) is 1. The summed E-state index contributed by atoms with van der Waals surface area (Å²) in [7, 11) is 0. The molecule has 5 rings (SSSR count). The van der Waals surface area contributed by atoms with Crippen LogP contribution < -0.4 is 20.1 Å². The number of esters is 4. The Labute approximate surface area is 507 Å². The second-order valence-corrected chi connectivity index (χ2v) is 24.2. The molecule has 0 aromatic heterocycles. The van der Waals surface area contributed by atoms with Crippen molar-refractivity contribution < 1.29 is 57.2 Å². The Morgan fingerprint density at radius 3 is 1.48 bits per heavy atom. The van der Waals surface area contributed by atoms with Crippen LogP contribution in [0.5, 0.6) is 11.5 Å². The summed E-state index contributed by atoms with van der Waals surface area (Å²) in [5, 5.41) is 6.04. The highest BCUT2D eigenvalue weighted by molar-refractivity contribution is 8.03. The molecule has 0 bridgehead atoms. The Balaban J connectivity index is 1.30. The maximum Gasteiger partial charge on any atom is 0.311 e. The largest absolute Gasteiger partial charge is 0.493 e. The molecule has 0 radical (unpaired) electrons. The number of thioether (sulfide) groups is 4. The van der Waals surface area contributed by atoms with E-state index < -0.39 is 5.92 Å². The van der Waals surface area contributed by atoms with Gasteiger partial charge in [-0.3, -0.25) is 28.8 Å². The van der Waals surface area contributed by atoms with E-state index in [4.69, 9.17) is 28.4 Å². The predicted molar refractivity (Wildman–Crippen MR) is 336 cm³/mol. The second kappa shape index (κ2) is 40.8. The number of benzene rings is 5. The first kappa shape index (κ1) is 67.5. The molecule has 14 nitrogen and oxygen atoms in total. The molecular weight excluding hydrogens is 1130 g/mol. The molecular formula is C65H80N2O12S4. The number of rotatable bonds is 43. The number of allylic oxidation sites excluding steroid dienone is 1. The highest BCUT2D eigenvalue weighted by Gasteiger charge is 2.24. The van der Waals surface area contributed by atoms with Crippen molar-refractivity contribution in [1.29, 1.82) is 0 Å². The minimum Gasteiger partial charge on any atom is -0.493 e. The summed E-state index contributed by atoms with van der Waals surface area (Å²) >= 11 is 6.29. The summed E-state index contributed by atoms with van der Waals surface area (Å²) in [6.07, 6.45) is 2.74. The first-order chi connectivity index (χ1) is 40.4. The number of Topliss-reactive ketones (excluding diaryl/α,β-unsaturated/α-hetero) is 1. The van der Waals surface area contributed by atoms with Gasteiger partial charge in [0.2, 0.25) is 5.91 Å². The Morgan fingerprint density at radius 1 is 0.530 bits per heavy atom. The molecule has 3 unspecified atom stereocenters. The van der Waals surface area contributed by atoms with Gasteiger partial charge < -0.3 is 39.1 Å². The number of hydrogen-bond donors (Lipinski definition) is 2. The Hall–Kier alpha value is -6.34. The SMILES string of the molecule is C=C(C)NCCCCC(CC(=O)c1cc(OCC(CSCCOC(=O)Cc2ccccc2)CSCOC(=O)Cc2ccccc2)cc(OCC(CSCCOC(=O)Cc2ccccc2)SCCOC(=O)Cc2ccccc2)c1)C(=O)NCC. The number of carbonyl (C=O) groups is 6. The average molecular weight is 1210 g/mol. The zero-order valence-electron chi connectivity index (χ0n) is 47.8. The van der Waals surface area contributed by atoms with Gasteiger partial charge in [0.05, 0.1) is 32.3 Å². The lowest BCUT2D eigenvalue weighted by atomic mass is 9.92. The van der Waals surface area contributed by atoms with Crippen LogP contribution in [0, 0.1) is 11.8 Å². The van der Waals surface area contributed by atoms with Crippen molar-refractivity contribution in [2.24, 2.45) is 11.8 Å². The van der Waals surface area contributed by atoms with Crippen molar-refractivity contribution in [2.75, 3.05) is 86.6 Å². The molecule has 446 valence electrons. The maximum atomic E-state index is 14.4. The average Bonchev–Trinajstić information content (AvgIpc) is 3.52. The first-order valence-electron chi connectivity index (χ1n) is 28.2. The minimum atomic E-state index is -0.559. The van der Waals surface area contributed by atoms with Crippen molar-refractivity contribution >= 4 is 82.6 Å². The molecule has 5 aromatic carbocycles.